The van der Waals surface area contributed by atoms with Crippen molar-refractivity contribution in [3.05, 3.63) is 53.0 Å². The predicted octanol–water partition coefficient (Wildman–Crippen LogP) is 4.61. The van der Waals surface area contributed by atoms with Gasteiger partial charge in [0, 0.05) is 34.8 Å². The third-order valence-corrected chi connectivity index (χ3v) is 3.78. The summed E-state index contributed by atoms with van der Waals surface area (Å²) in [7, 11) is 0. The van der Waals surface area contributed by atoms with Gasteiger partial charge in [-0.15, -0.1) is 0 Å². The molecular weight excluding hydrogens is 428 g/mol. The van der Waals surface area contributed by atoms with E-state index in [2.05, 4.69) is 15.3 Å². The predicted molar refractivity (Wildman–Crippen MR) is 114 cm³/mol. The third-order valence-electron chi connectivity index (χ3n) is 3.78. The lowest BCUT2D eigenvalue weighted by atomic mass is 10.1. The van der Waals surface area contributed by atoms with Crippen LogP contribution >= 0.6 is 0 Å². The normalized spacial score (nSPS) is 12.6. The van der Waals surface area contributed by atoms with E-state index in [0.717, 1.165) is 0 Å². The van der Waals surface area contributed by atoms with Crippen molar-refractivity contribution in [2.75, 3.05) is 6.61 Å². The van der Waals surface area contributed by atoms with E-state index in [1.807, 2.05) is 20.8 Å². The highest BCUT2D eigenvalue weighted by Crippen LogP contribution is 2.26. The first-order valence-electron chi connectivity index (χ1n) is 9.88. The van der Waals surface area contributed by atoms with Crippen molar-refractivity contribution in [1.82, 2.24) is 15.3 Å². The van der Waals surface area contributed by atoms with Crippen molar-refractivity contribution in [2.24, 2.45) is 5.73 Å². The summed E-state index contributed by atoms with van der Waals surface area (Å²) in [6, 6.07) is 4.39. The Hall–Kier alpha value is -2.75. The van der Waals surface area contributed by atoms with Crippen molar-refractivity contribution in [3.63, 3.8) is 0 Å². The molecule has 0 spiro atoms. The monoisotopic (exact) mass is 458 g/mol. The highest BCUT2D eigenvalue weighted by Gasteiger charge is 2.42. The number of halogens is 4. The van der Waals surface area contributed by atoms with Gasteiger partial charge in [0.1, 0.15) is 0 Å². The summed E-state index contributed by atoms with van der Waals surface area (Å²) in [5.74, 6) is -4.72. The molecule has 0 bridgehead atoms. The van der Waals surface area contributed by atoms with Gasteiger partial charge in [0.25, 0.3) is 5.91 Å². The molecule has 6 nitrogen and oxygen atoms in total. The quantitative estimate of drug-likeness (QED) is 0.592. The molecule has 2 aromatic heterocycles. The van der Waals surface area contributed by atoms with Crippen molar-refractivity contribution in [2.45, 2.75) is 65.5 Å². The number of ether oxygens (including phenoxy) is 1. The number of nitrogens with zero attached hydrogens (tertiary/aromatic N) is 2. The van der Waals surface area contributed by atoms with Gasteiger partial charge in [-0.3, -0.25) is 9.78 Å². The molecule has 32 heavy (non-hydrogen) atoms. The van der Waals surface area contributed by atoms with E-state index in [9.17, 15) is 22.4 Å². The molecule has 10 heteroatoms. The van der Waals surface area contributed by atoms with E-state index in [4.69, 9.17) is 10.5 Å². The molecule has 2 aromatic rings. The molecule has 0 aliphatic carbocycles. The van der Waals surface area contributed by atoms with Crippen LogP contribution in [0.3, 0.4) is 0 Å². The largest absolute Gasteiger partial charge is 0.471 e. The van der Waals surface area contributed by atoms with Crippen LogP contribution in [-0.4, -0.2) is 40.4 Å². The smallest absolute Gasteiger partial charge is 0.340 e. The zero-order chi connectivity index (χ0) is 24.7. The van der Waals surface area contributed by atoms with Crippen LogP contribution in [0.25, 0.3) is 0 Å². The van der Waals surface area contributed by atoms with Gasteiger partial charge in [0.2, 0.25) is 5.88 Å². The first-order valence-corrected chi connectivity index (χ1v) is 9.88. The maximum atomic E-state index is 12.9. The molecule has 0 aliphatic rings. The Bertz CT molecular complexity index is 896. The average Bonchev–Trinajstić information content (AvgIpc) is 2.65. The number of amides is 1. The maximum absolute atomic E-state index is 12.9. The van der Waals surface area contributed by atoms with Crippen molar-refractivity contribution in [3.8, 4) is 5.88 Å². The molecule has 1 atom stereocenters. The Morgan fingerprint density at radius 3 is 2.28 bits per heavy atom. The summed E-state index contributed by atoms with van der Waals surface area (Å²) in [5.41, 5.74) is 7.51. The summed E-state index contributed by atoms with van der Waals surface area (Å²) in [6.45, 7) is 9.48. The lowest BCUT2D eigenvalue weighted by molar-refractivity contribution is -0.148. The molecule has 0 radical (unpaired) electrons. The van der Waals surface area contributed by atoms with Crippen LogP contribution in [0.15, 0.2) is 30.6 Å². The van der Waals surface area contributed by atoms with Crippen LogP contribution in [0.2, 0.25) is 0 Å². The van der Waals surface area contributed by atoms with E-state index in [1.165, 1.54) is 12.4 Å². The second kappa shape index (κ2) is 11.2. The van der Waals surface area contributed by atoms with Crippen LogP contribution in [0, 0.1) is 13.8 Å². The number of nitrogens with two attached hydrogens (primary N) is 1. The fourth-order valence-corrected chi connectivity index (χ4v) is 2.25. The van der Waals surface area contributed by atoms with E-state index in [1.54, 1.807) is 39.0 Å². The molecule has 2 heterocycles. The molecular formula is C22H30F4N4O2. The van der Waals surface area contributed by atoms with Gasteiger partial charge in [-0.2, -0.15) is 8.78 Å². The van der Waals surface area contributed by atoms with Gasteiger partial charge in [-0.05, 0) is 65.3 Å². The Labute approximate surface area is 185 Å². The summed E-state index contributed by atoms with van der Waals surface area (Å²) < 4.78 is 55.0. The lowest BCUT2D eigenvalue weighted by Gasteiger charge is -2.18. The van der Waals surface area contributed by atoms with Gasteiger partial charge < -0.3 is 15.8 Å². The lowest BCUT2D eigenvalue weighted by Crippen LogP contribution is -2.34. The SMILES string of the molecule is CC(C)(C)N.Cc1cc(C(=O)NC(C)c2cnc(OCC(F)(F)C(F)F)c(C)c2)ccn1. The molecule has 2 rings (SSSR count). The highest BCUT2D eigenvalue weighted by atomic mass is 19.3. The number of carbonyl (C=O) groups is 1. The van der Waals surface area contributed by atoms with Crippen LogP contribution < -0.4 is 15.8 Å². The van der Waals surface area contributed by atoms with Crippen LogP contribution in [-0.2, 0) is 0 Å². The minimum Gasteiger partial charge on any atom is -0.471 e. The molecule has 178 valence electrons. The molecule has 0 fully saturated rings. The van der Waals surface area contributed by atoms with E-state index in [-0.39, 0.29) is 17.3 Å². The average molecular weight is 459 g/mol. The number of pyridine rings is 2. The number of alkyl halides is 4. The second-order valence-corrected chi connectivity index (χ2v) is 8.49. The molecule has 0 aliphatic heterocycles. The zero-order valence-corrected chi connectivity index (χ0v) is 19.0. The van der Waals surface area contributed by atoms with Crippen LogP contribution in [0.4, 0.5) is 17.6 Å². The zero-order valence-electron chi connectivity index (χ0n) is 19.0. The van der Waals surface area contributed by atoms with Crippen LogP contribution in [0.1, 0.15) is 60.9 Å². The number of aromatic nitrogens is 2. The van der Waals surface area contributed by atoms with E-state index in [0.29, 0.717) is 22.4 Å². The van der Waals surface area contributed by atoms with E-state index >= 15 is 0 Å². The van der Waals surface area contributed by atoms with Gasteiger partial charge in [-0.25, -0.2) is 13.8 Å². The van der Waals surface area contributed by atoms with E-state index < -0.39 is 25.0 Å². The maximum Gasteiger partial charge on any atom is 0.340 e. The number of carbonyl (C=O) groups excluding carboxylic acids is 1. The Kier molecular flexibility index (Phi) is 9.56. The summed E-state index contributed by atoms with van der Waals surface area (Å²) in [4.78, 5) is 20.2. The fourth-order valence-electron chi connectivity index (χ4n) is 2.25. The Balaban J connectivity index is 0.000000920. The number of aryl methyl sites for hydroxylation is 2. The highest BCUT2D eigenvalue weighted by molar-refractivity contribution is 5.94. The molecule has 0 aromatic carbocycles. The third kappa shape index (κ3) is 9.59. The van der Waals surface area contributed by atoms with Gasteiger partial charge in [-0.1, -0.05) is 0 Å². The van der Waals surface area contributed by atoms with Crippen LogP contribution in [0.5, 0.6) is 5.88 Å². The molecule has 1 unspecified atom stereocenters. The summed E-state index contributed by atoms with van der Waals surface area (Å²) >= 11 is 0. The van der Waals surface area contributed by atoms with Gasteiger partial charge in [0.15, 0.2) is 6.61 Å². The van der Waals surface area contributed by atoms with Crippen molar-refractivity contribution >= 4 is 5.91 Å². The summed E-state index contributed by atoms with van der Waals surface area (Å²) in [6.07, 6.45) is -0.947. The minimum atomic E-state index is -4.25. The number of hydrogen-bond donors (Lipinski definition) is 2. The summed E-state index contributed by atoms with van der Waals surface area (Å²) in [5, 5.41) is 2.79. The van der Waals surface area contributed by atoms with Crippen molar-refractivity contribution in [1.29, 1.82) is 0 Å². The standard InChI is InChI=1S/C18H19F4N3O2.C4H11N/c1-10-6-14(8-24-16(10)27-9-18(21,22)17(19)20)12(3)25-15(26)13-4-5-23-11(2)7-13;1-4(2,3)5/h4-8,12,17H,9H2,1-3H3,(H,25,26);5H2,1-3H3. The van der Waals surface area contributed by atoms with Gasteiger partial charge in [0.05, 0.1) is 6.04 Å². The number of hydrogen-bond acceptors (Lipinski definition) is 5. The number of nitrogens with one attached hydrogen (secondary N) is 1. The first-order chi connectivity index (χ1) is 14.6. The molecule has 1 amide bonds. The molecule has 0 saturated heterocycles. The van der Waals surface area contributed by atoms with Crippen molar-refractivity contribution < 1.29 is 27.1 Å². The second-order valence-electron chi connectivity index (χ2n) is 8.49. The Morgan fingerprint density at radius 1 is 1.19 bits per heavy atom. The Morgan fingerprint density at radius 2 is 1.78 bits per heavy atom. The topological polar surface area (TPSA) is 90.1 Å². The minimum absolute atomic E-state index is 0. The molecule has 0 saturated carbocycles. The fraction of sp³-hybridized carbons (Fsp3) is 0.500. The first kappa shape index (κ1) is 27.3. The number of rotatable bonds is 7. The van der Waals surface area contributed by atoms with Gasteiger partial charge >= 0.3 is 12.3 Å². The molecule has 3 N–H and O–H groups in total.